The molecule has 1 aliphatic rings. The number of ether oxygens (including phenoxy) is 1. The molecule has 1 aliphatic carbocycles. The van der Waals surface area contributed by atoms with Gasteiger partial charge in [-0.25, -0.2) is 4.39 Å². The Morgan fingerprint density at radius 1 is 1.30 bits per heavy atom. The first kappa shape index (κ1) is 13.2. The van der Waals surface area contributed by atoms with E-state index in [4.69, 9.17) is 4.74 Å². The summed E-state index contributed by atoms with van der Waals surface area (Å²) in [5.41, 5.74) is 1.83. The van der Waals surface area contributed by atoms with Crippen LogP contribution in [0.4, 0.5) is 4.39 Å². The summed E-state index contributed by atoms with van der Waals surface area (Å²) in [6.07, 6.45) is 6.97. The number of hydrogen-bond donors (Lipinski definition) is 0. The molecule has 0 spiro atoms. The van der Waals surface area contributed by atoms with Crippen LogP contribution in [0.1, 0.15) is 43.0 Å². The van der Waals surface area contributed by atoms with Crippen molar-refractivity contribution in [1.82, 2.24) is 9.78 Å². The van der Waals surface area contributed by atoms with Crippen molar-refractivity contribution in [2.45, 2.75) is 45.3 Å². The fourth-order valence-electron chi connectivity index (χ4n) is 2.70. The molecular formula is C16H19FN2O. The van der Waals surface area contributed by atoms with Crippen LogP contribution in [-0.4, -0.2) is 9.78 Å². The van der Waals surface area contributed by atoms with E-state index in [0.717, 1.165) is 11.3 Å². The number of halogens is 1. The molecule has 106 valence electrons. The summed E-state index contributed by atoms with van der Waals surface area (Å²) >= 11 is 0. The maximum atomic E-state index is 13.6. The van der Waals surface area contributed by atoms with Crippen LogP contribution in [0.25, 0.3) is 0 Å². The van der Waals surface area contributed by atoms with Gasteiger partial charge in [-0.05, 0) is 43.5 Å². The molecule has 0 unspecified atom stereocenters. The molecule has 1 aromatic carbocycles. The van der Waals surface area contributed by atoms with Gasteiger partial charge in [0.15, 0.2) is 11.6 Å². The third kappa shape index (κ3) is 2.84. The van der Waals surface area contributed by atoms with Crippen molar-refractivity contribution in [3.8, 4) is 5.75 Å². The molecule has 0 aliphatic heterocycles. The standard InChI is InChI=1S/C16H19FN2O/c1-12-6-7-15(17)16(10-12)20-11-13-8-9-19(18-13)14-4-2-3-5-14/h6-10,14H,2-5,11H2,1H3. The van der Waals surface area contributed by atoms with Crippen molar-refractivity contribution in [3.05, 3.63) is 47.5 Å². The highest BCUT2D eigenvalue weighted by molar-refractivity contribution is 5.29. The van der Waals surface area contributed by atoms with E-state index in [1.54, 1.807) is 12.1 Å². The molecule has 0 bridgehead atoms. The molecule has 3 rings (SSSR count). The van der Waals surface area contributed by atoms with Crippen LogP contribution >= 0.6 is 0 Å². The SMILES string of the molecule is Cc1ccc(F)c(OCc2ccn(C3CCCC3)n2)c1. The number of aryl methyl sites for hydroxylation is 1. The Kier molecular flexibility index (Phi) is 3.72. The molecule has 1 aromatic heterocycles. The van der Waals surface area contributed by atoms with Gasteiger partial charge in [0.05, 0.1) is 11.7 Å². The number of aromatic nitrogens is 2. The zero-order valence-corrected chi connectivity index (χ0v) is 11.7. The Morgan fingerprint density at radius 2 is 2.10 bits per heavy atom. The molecule has 0 radical (unpaired) electrons. The zero-order chi connectivity index (χ0) is 13.9. The van der Waals surface area contributed by atoms with Gasteiger partial charge in [0.25, 0.3) is 0 Å². The third-order valence-electron chi connectivity index (χ3n) is 3.82. The average Bonchev–Trinajstić information content (AvgIpc) is 3.09. The highest BCUT2D eigenvalue weighted by atomic mass is 19.1. The van der Waals surface area contributed by atoms with E-state index in [2.05, 4.69) is 5.10 Å². The summed E-state index contributed by atoms with van der Waals surface area (Å²) in [4.78, 5) is 0. The fourth-order valence-corrected chi connectivity index (χ4v) is 2.70. The number of nitrogens with zero attached hydrogens (tertiary/aromatic N) is 2. The molecule has 0 amide bonds. The Hall–Kier alpha value is -1.84. The molecule has 20 heavy (non-hydrogen) atoms. The smallest absolute Gasteiger partial charge is 0.165 e. The Bertz CT molecular complexity index is 588. The van der Waals surface area contributed by atoms with Gasteiger partial charge < -0.3 is 4.74 Å². The number of benzene rings is 1. The van der Waals surface area contributed by atoms with Gasteiger partial charge >= 0.3 is 0 Å². The summed E-state index contributed by atoms with van der Waals surface area (Å²) in [6, 6.07) is 7.35. The minimum Gasteiger partial charge on any atom is -0.484 e. The highest BCUT2D eigenvalue weighted by Crippen LogP contribution is 2.28. The summed E-state index contributed by atoms with van der Waals surface area (Å²) in [7, 11) is 0. The molecule has 0 saturated heterocycles. The lowest BCUT2D eigenvalue weighted by Gasteiger charge is -2.09. The predicted molar refractivity (Wildman–Crippen MR) is 75.2 cm³/mol. The summed E-state index contributed by atoms with van der Waals surface area (Å²) in [5.74, 6) is -0.0359. The van der Waals surface area contributed by atoms with Gasteiger partial charge in [0, 0.05) is 6.20 Å². The van der Waals surface area contributed by atoms with Crippen LogP contribution in [-0.2, 0) is 6.61 Å². The topological polar surface area (TPSA) is 27.1 Å². The van der Waals surface area contributed by atoms with Gasteiger partial charge in [0.2, 0.25) is 0 Å². The second kappa shape index (κ2) is 5.65. The van der Waals surface area contributed by atoms with Crippen LogP contribution in [0.15, 0.2) is 30.5 Å². The molecular weight excluding hydrogens is 255 g/mol. The van der Waals surface area contributed by atoms with E-state index in [0.29, 0.717) is 18.4 Å². The van der Waals surface area contributed by atoms with E-state index in [1.807, 2.05) is 23.9 Å². The summed E-state index contributed by atoms with van der Waals surface area (Å²) in [5, 5.41) is 4.53. The van der Waals surface area contributed by atoms with E-state index < -0.39 is 0 Å². The van der Waals surface area contributed by atoms with Crippen LogP contribution in [0.3, 0.4) is 0 Å². The molecule has 0 atom stereocenters. The molecule has 4 heteroatoms. The monoisotopic (exact) mass is 274 g/mol. The fraction of sp³-hybridized carbons (Fsp3) is 0.438. The second-order valence-corrected chi connectivity index (χ2v) is 5.45. The quantitative estimate of drug-likeness (QED) is 0.841. The lowest BCUT2D eigenvalue weighted by Crippen LogP contribution is -2.06. The van der Waals surface area contributed by atoms with Gasteiger partial charge in [-0.3, -0.25) is 4.68 Å². The largest absolute Gasteiger partial charge is 0.484 e. The lowest BCUT2D eigenvalue weighted by atomic mass is 10.2. The van der Waals surface area contributed by atoms with Crippen molar-refractivity contribution in [3.63, 3.8) is 0 Å². The normalized spacial score (nSPS) is 15.7. The molecule has 1 heterocycles. The lowest BCUT2D eigenvalue weighted by molar-refractivity contribution is 0.283. The van der Waals surface area contributed by atoms with E-state index in [9.17, 15) is 4.39 Å². The third-order valence-corrected chi connectivity index (χ3v) is 3.82. The predicted octanol–water partition coefficient (Wildman–Crippen LogP) is 4.02. The Labute approximate surface area is 118 Å². The molecule has 2 aromatic rings. The van der Waals surface area contributed by atoms with Crippen LogP contribution in [0.2, 0.25) is 0 Å². The minimum atomic E-state index is -0.328. The van der Waals surface area contributed by atoms with Crippen LogP contribution < -0.4 is 4.74 Å². The van der Waals surface area contributed by atoms with Crippen molar-refractivity contribution < 1.29 is 9.13 Å². The maximum Gasteiger partial charge on any atom is 0.165 e. The first-order chi connectivity index (χ1) is 9.72. The zero-order valence-electron chi connectivity index (χ0n) is 11.7. The summed E-state index contributed by atoms with van der Waals surface area (Å²) in [6.45, 7) is 2.22. The Morgan fingerprint density at radius 3 is 2.90 bits per heavy atom. The van der Waals surface area contributed by atoms with Gasteiger partial charge in [0.1, 0.15) is 6.61 Å². The Balaban J connectivity index is 1.64. The van der Waals surface area contributed by atoms with Gasteiger partial charge in [-0.1, -0.05) is 18.9 Å². The van der Waals surface area contributed by atoms with E-state index >= 15 is 0 Å². The highest BCUT2D eigenvalue weighted by Gasteiger charge is 2.17. The van der Waals surface area contributed by atoms with Crippen molar-refractivity contribution in [2.75, 3.05) is 0 Å². The van der Waals surface area contributed by atoms with E-state index in [1.165, 1.54) is 31.7 Å². The average molecular weight is 274 g/mol. The molecule has 3 nitrogen and oxygen atoms in total. The van der Waals surface area contributed by atoms with Crippen molar-refractivity contribution >= 4 is 0 Å². The molecule has 1 fully saturated rings. The molecule has 1 saturated carbocycles. The first-order valence-electron chi connectivity index (χ1n) is 7.15. The first-order valence-corrected chi connectivity index (χ1v) is 7.15. The van der Waals surface area contributed by atoms with Gasteiger partial charge in [-0.2, -0.15) is 5.10 Å². The van der Waals surface area contributed by atoms with Gasteiger partial charge in [-0.15, -0.1) is 0 Å². The second-order valence-electron chi connectivity index (χ2n) is 5.45. The van der Waals surface area contributed by atoms with Crippen molar-refractivity contribution in [2.24, 2.45) is 0 Å². The minimum absolute atomic E-state index is 0.292. The number of rotatable bonds is 4. The molecule has 0 N–H and O–H groups in total. The van der Waals surface area contributed by atoms with Crippen molar-refractivity contribution in [1.29, 1.82) is 0 Å². The maximum absolute atomic E-state index is 13.6. The number of hydrogen-bond acceptors (Lipinski definition) is 2. The van der Waals surface area contributed by atoms with Crippen LogP contribution in [0, 0.1) is 12.7 Å². The van der Waals surface area contributed by atoms with Crippen LogP contribution in [0.5, 0.6) is 5.75 Å². The summed E-state index contributed by atoms with van der Waals surface area (Å²) < 4.78 is 21.1. The van der Waals surface area contributed by atoms with E-state index in [-0.39, 0.29) is 5.82 Å².